The van der Waals surface area contributed by atoms with Gasteiger partial charge in [-0.05, 0) is 64.1 Å². The first-order valence-electron chi connectivity index (χ1n) is 9.31. The van der Waals surface area contributed by atoms with E-state index in [0.717, 1.165) is 39.9 Å². The Morgan fingerprint density at radius 1 is 1.00 bits per heavy atom. The fourth-order valence-corrected chi connectivity index (χ4v) is 3.14. The number of rotatable bonds is 7. The molecule has 3 rings (SSSR count). The number of benzene rings is 3. The van der Waals surface area contributed by atoms with Crippen LogP contribution in [0.1, 0.15) is 36.5 Å². The number of aldehydes is 1. The lowest BCUT2D eigenvalue weighted by atomic mass is 9.89. The van der Waals surface area contributed by atoms with E-state index in [1.165, 1.54) is 18.2 Å². The van der Waals surface area contributed by atoms with E-state index in [1.807, 2.05) is 48.5 Å². The van der Waals surface area contributed by atoms with Crippen LogP contribution in [0.25, 0.3) is 17.2 Å². The molecule has 0 saturated carbocycles. The van der Waals surface area contributed by atoms with Crippen LogP contribution in [-0.2, 0) is 11.4 Å². The van der Waals surface area contributed by atoms with Crippen molar-refractivity contribution in [1.82, 2.24) is 0 Å². The Morgan fingerprint density at radius 2 is 1.71 bits per heavy atom. The lowest BCUT2D eigenvalue weighted by molar-refractivity contribution is -0.104. The molecular formula is C25H23FO2. The number of carbonyl (C=O) groups excluding carboxylic acids is 1. The Kier molecular flexibility index (Phi) is 6.38. The van der Waals surface area contributed by atoms with Crippen molar-refractivity contribution in [3.63, 3.8) is 0 Å². The average Bonchev–Trinajstić information content (AvgIpc) is 2.72. The van der Waals surface area contributed by atoms with Crippen LogP contribution < -0.4 is 4.74 Å². The van der Waals surface area contributed by atoms with Gasteiger partial charge in [0, 0.05) is 0 Å². The van der Waals surface area contributed by atoms with Crippen molar-refractivity contribution in [1.29, 1.82) is 0 Å². The van der Waals surface area contributed by atoms with Gasteiger partial charge in [0.1, 0.15) is 24.5 Å². The van der Waals surface area contributed by atoms with Crippen molar-refractivity contribution in [3.05, 3.63) is 95.3 Å². The molecule has 0 aromatic heterocycles. The zero-order chi connectivity index (χ0) is 19.9. The molecule has 142 valence electrons. The van der Waals surface area contributed by atoms with Crippen LogP contribution in [0.4, 0.5) is 4.39 Å². The van der Waals surface area contributed by atoms with Gasteiger partial charge < -0.3 is 4.74 Å². The molecule has 2 nitrogen and oxygen atoms in total. The smallest absolute Gasteiger partial charge is 0.142 e. The quantitative estimate of drug-likeness (QED) is 0.353. The predicted octanol–water partition coefficient (Wildman–Crippen LogP) is 6.41. The maximum absolute atomic E-state index is 13.4. The van der Waals surface area contributed by atoms with Crippen molar-refractivity contribution < 1.29 is 13.9 Å². The maximum Gasteiger partial charge on any atom is 0.142 e. The van der Waals surface area contributed by atoms with E-state index in [4.69, 9.17) is 4.74 Å². The summed E-state index contributed by atoms with van der Waals surface area (Å²) in [4.78, 5) is 10.9. The van der Waals surface area contributed by atoms with Gasteiger partial charge in [0.15, 0.2) is 0 Å². The minimum Gasteiger partial charge on any atom is -0.489 e. The van der Waals surface area contributed by atoms with Crippen LogP contribution in [0.15, 0.2) is 72.8 Å². The molecule has 0 aliphatic heterocycles. The summed E-state index contributed by atoms with van der Waals surface area (Å²) in [5.74, 6) is 0.690. The van der Waals surface area contributed by atoms with Crippen LogP contribution in [0.2, 0.25) is 0 Å². The molecule has 0 saturated heterocycles. The highest BCUT2D eigenvalue weighted by Gasteiger charge is 2.14. The Morgan fingerprint density at radius 3 is 2.36 bits per heavy atom. The van der Waals surface area contributed by atoms with Crippen LogP contribution in [-0.4, -0.2) is 6.29 Å². The van der Waals surface area contributed by atoms with Gasteiger partial charge in [-0.25, -0.2) is 4.39 Å². The maximum atomic E-state index is 13.4. The zero-order valence-electron chi connectivity index (χ0n) is 16.1. The van der Waals surface area contributed by atoms with Gasteiger partial charge in [-0.1, -0.05) is 62.4 Å². The third-order valence-corrected chi connectivity index (χ3v) is 4.55. The number of halogens is 1. The number of allylic oxidation sites excluding steroid dienone is 1. The van der Waals surface area contributed by atoms with E-state index in [9.17, 15) is 9.18 Å². The van der Waals surface area contributed by atoms with E-state index < -0.39 is 0 Å². The minimum atomic E-state index is -0.283. The molecule has 0 amide bonds. The highest BCUT2D eigenvalue weighted by atomic mass is 19.1. The zero-order valence-corrected chi connectivity index (χ0v) is 16.1. The van der Waals surface area contributed by atoms with Crippen LogP contribution in [0.3, 0.4) is 0 Å². The van der Waals surface area contributed by atoms with Crippen LogP contribution in [0, 0.1) is 5.82 Å². The van der Waals surface area contributed by atoms with Crippen molar-refractivity contribution in [2.75, 3.05) is 0 Å². The number of carbonyl (C=O) groups is 1. The molecular weight excluding hydrogens is 351 g/mol. The summed E-state index contributed by atoms with van der Waals surface area (Å²) in [6, 6.07) is 20.3. The topological polar surface area (TPSA) is 26.3 Å². The number of hydrogen-bond donors (Lipinski definition) is 0. The molecule has 3 heteroatoms. The fraction of sp³-hybridized carbons (Fsp3) is 0.160. The molecule has 3 aromatic carbocycles. The molecule has 0 aliphatic carbocycles. The summed E-state index contributed by atoms with van der Waals surface area (Å²) in [7, 11) is 0. The summed E-state index contributed by atoms with van der Waals surface area (Å²) in [6.07, 6.45) is 4.05. The molecule has 0 atom stereocenters. The van der Waals surface area contributed by atoms with Crippen molar-refractivity contribution >= 4 is 12.4 Å². The van der Waals surface area contributed by atoms with E-state index in [1.54, 1.807) is 12.1 Å². The summed E-state index contributed by atoms with van der Waals surface area (Å²) in [5, 5.41) is 0. The van der Waals surface area contributed by atoms with E-state index in [-0.39, 0.29) is 11.7 Å². The van der Waals surface area contributed by atoms with Crippen LogP contribution in [0.5, 0.6) is 5.75 Å². The molecule has 0 bridgehead atoms. The third kappa shape index (κ3) is 4.74. The lowest BCUT2D eigenvalue weighted by Gasteiger charge is -2.18. The highest BCUT2D eigenvalue weighted by molar-refractivity contribution is 5.83. The van der Waals surface area contributed by atoms with Gasteiger partial charge in [-0.2, -0.15) is 0 Å². The summed E-state index contributed by atoms with van der Waals surface area (Å²) in [5.41, 5.74) is 4.89. The Hall–Kier alpha value is -3.20. The van der Waals surface area contributed by atoms with Crippen molar-refractivity contribution in [3.8, 4) is 16.9 Å². The second-order valence-electron chi connectivity index (χ2n) is 6.90. The molecule has 0 heterocycles. The normalized spacial score (nSPS) is 11.1. The standard InChI is InChI=1S/C25H23FO2/c1-18(2)24-15-22(28-17-19-7-4-3-5-8-19)16-25(23(24)9-6-14-27)20-10-12-21(26)13-11-20/h3-16,18H,17H2,1-2H3. The van der Waals surface area contributed by atoms with Gasteiger partial charge in [0.2, 0.25) is 0 Å². The van der Waals surface area contributed by atoms with Gasteiger partial charge in [-0.15, -0.1) is 0 Å². The third-order valence-electron chi connectivity index (χ3n) is 4.55. The fourth-order valence-electron chi connectivity index (χ4n) is 3.14. The van der Waals surface area contributed by atoms with Gasteiger partial charge in [-0.3, -0.25) is 4.79 Å². The average molecular weight is 374 g/mol. The molecule has 0 spiro atoms. The first kappa shape index (κ1) is 19.6. The van der Waals surface area contributed by atoms with Crippen molar-refractivity contribution in [2.45, 2.75) is 26.4 Å². The molecule has 0 fully saturated rings. The largest absolute Gasteiger partial charge is 0.489 e. The first-order chi connectivity index (χ1) is 13.6. The number of ether oxygens (including phenoxy) is 1. The Balaban J connectivity index is 2.07. The summed E-state index contributed by atoms with van der Waals surface area (Å²) < 4.78 is 19.5. The molecule has 28 heavy (non-hydrogen) atoms. The molecule has 0 unspecified atom stereocenters. The summed E-state index contributed by atoms with van der Waals surface area (Å²) in [6.45, 7) is 4.66. The SMILES string of the molecule is CC(C)c1cc(OCc2ccccc2)cc(-c2ccc(F)cc2)c1C=CC=O. The molecule has 0 N–H and O–H groups in total. The monoisotopic (exact) mass is 374 g/mol. The first-order valence-corrected chi connectivity index (χ1v) is 9.31. The number of hydrogen-bond acceptors (Lipinski definition) is 2. The highest BCUT2D eigenvalue weighted by Crippen LogP contribution is 2.36. The van der Waals surface area contributed by atoms with E-state index in [2.05, 4.69) is 13.8 Å². The molecule has 3 aromatic rings. The predicted molar refractivity (Wildman–Crippen MR) is 112 cm³/mol. The Labute approximate surface area is 165 Å². The van der Waals surface area contributed by atoms with Crippen molar-refractivity contribution in [2.24, 2.45) is 0 Å². The Bertz CT molecular complexity index is 958. The lowest BCUT2D eigenvalue weighted by Crippen LogP contribution is -2.00. The van der Waals surface area contributed by atoms with E-state index >= 15 is 0 Å². The van der Waals surface area contributed by atoms with Gasteiger partial charge in [0.25, 0.3) is 0 Å². The van der Waals surface area contributed by atoms with E-state index in [0.29, 0.717) is 6.61 Å². The molecule has 0 radical (unpaired) electrons. The second kappa shape index (κ2) is 9.14. The van der Waals surface area contributed by atoms with Gasteiger partial charge in [0.05, 0.1) is 0 Å². The van der Waals surface area contributed by atoms with Crippen LogP contribution >= 0.6 is 0 Å². The van der Waals surface area contributed by atoms with Gasteiger partial charge >= 0.3 is 0 Å². The minimum absolute atomic E-state index is 0.228. The molecule has 0 aliphatic rings. The summed E-state index contributed by atoms with van der Waals surface area (Å²) >= 11 is 0. The second-order valence-corrected chi connectivity index (χ2v) is 6.90.